The second-order valence-electron chi connectivity index (χ2n) is 9.11. The van der Waals surface area contributed by atoms with E-state index >= 15 is 0 Å². The first kappa shape index (κ1) is 19.0. The molecule has 146 valence electrons. The Balaban J connectivity index is 1.79. The molecule has 0 bridgehead atoms. The molecule has 4 aliphatic rings. The largest absolute Gasteiger partial charge is 0.388 e. The monoisotopic (exact) mass is 392 g/mol. The zero-order valence-electron chi connectivity index (χ0n) is 15.6. The van der Waals surface area contributed by atoms with E-state index < -0.39 is 28.8 Å². The fourth-order valence-corrected chi connectivity index (χ4v) is 7.14. The van der Waals surface area contributed by atoms with Crippen molar-refractivity contribution in [1.29, 1.82) is 0 Å². The molecule has 0 amide bonds. The lowest BCUT2D eigenvalue weighted by molar-refractivity contribution is -0.168. The molecule has 1 unspecified atom stereocenters. The van der Waals surface area contributed by atoms with E-state index in [0.29, 0.717) is 12.8 Å². The molecule has 0 spiro atoms. The van der Waals surface area contributed by atoms with Gasteiger partial charge in [-0.15, -0.1) is 11.6 Å². The molecule has 0 heterocycles. The summed E-state index contributed by atoms with van der Waals surface area (Å²) in [5.74, 6) is -1.13. The highest BCUT2D eigenvalue weighted by atomic mass is 35.5. The second-order valence-corrected chi connectivity index (χ2v) is 9.64. The van der Waals surface area contributed by atoms with Gasteiger partial charge in [0.25, 0.3) is 0 Å². The summed E-state index contributed by atoms with van der Waals surface area (Å²) in [6, 6.07) is 0. The molecule has 6 heteroatoms. The standard InChI is InChI=1S/C21H25ClO5/c1-19-5-3-11(24)7-14(19)15(22)8-12-13-4-6-21(27,17(26)10-23)20(13,2)9-16(25)18(12)19/h3,5,7,12-13,15,18,23,27H,4,6,8-10H2,1-2H3/t12-,13-,15-,18?,19-,20-,21-/m0/s1. The van der Waals surface area contributed by atoms with Gasteiger partial charge in [-0.05, 0) is 48.8 Å². The van der Waals surface area contributed by atoms with Gasteiger partial charge >= 0.3 is 0 Å². The van der Waals surface area contributed by atoms with Crippen LogP contribution in [0.25, 0.3) is 0 Å². The van der Waals surface area contributed by atoms with Gasteiger partial charge in [0, 0.05) is 23.2 Å². The fraction of sp³-hybridized carbons (Fsp3) is 0.667. The zero-order chi connectivity index (χ0) is 19.8. The van der Waals surface area contributed by atoms with Crippen LogP contribution >= 0.6 is 11.6 Å². The van der Waals surface area contributed by atoms with Crippen LogP contribution in [0.5, 0.6) is 0 Å². The van der Waals surface area contributed by atoms with Crippen LogP contribution in [0.4, 0.5) is 0 Å². The molecule has 0 aromatic rings. The molecule has 0 saturated heterocycles. The Hall–Kier alpha value is -1.30. The summed E-state index contributed by atoms with van der Waals surface area (Å²) in [5.41, 5.74) is -2.38. The number of hydrogen-bond acceptors (Lipinski definition) is 5. The lowest BCUT2D eigenvalue weighted by Crippen LogP contribution is -2.61. The van der Waals surface area contributed by atoms with Gasteiger partial charge in [0.1, 0.15) is 18.0 Å². The number of hydrogen-bond donors (Lipinski definition) is 2. The van der Waals surface area contributed by atoms with Gasteiger partial charge in [-0.2, -0.15) is 0 Å². The van der Waals surface area contributed by atoms with Gasteiger partial charge in [0.2, 0.25) is 0 Å². The zero-order valence-corrected chi connectivity index (χ0v) is 16.3. The Bertz CT molecular complexity index is 800. The molecule has 0 aromatic heterocycles. The number of halogens is 1. The van der Waals surface area contributed by atoms with Gasteiger partial charge in [-0.1, -0.05) is 19.9 Å². The second kappa shape index (κ2) is 5.85. The van der Waals surface area contributed by atoms with Crippen molar-refractivity contribution in [2.45, 2.75) is 50.5 Å². The first-order chi connectivity index (χ1) is 12.6. The molecule has 0 radical (unpaired) electrons. The molecule has 0 aliphatic heterocycles. The van der Waals surface area contributed by atoms with Crippen LogP contribution < -0.4 is 0 Å². The number of fused-ring (bicyclic) bond motifs is 5. The quantitative estimate of drug-likeness (QED) is 0.701. The van der Waals surface area contributed by atoms with Gasteiger partial charge in [-0.3, -0.25) is 14.4 Å². The molecule has 27 heavy (non-hydrogen) atoms. The van der Waals surface area contributed by atoms with Crippen molar-refractivity contribution in [3.63, 3.8) is 0 Å². The van der Waals surface area contributed by atoms with E-state index in [1.54, 1.807) is 6.08 Å². The maximum Gasteiger partial charge on any atom is 0.190 e. The van der Waals surface area contributed by atoms with Crippen LogP contribution in [0.2, 0.25) is 0 Å². The molecule has 3 saturated carbocycles. The predicted octanol–water partition coefficient (Wildman–Crippen LogP) is 1.98. The molecule has 4 aliphatic carbocycles. The highest BCUT2D eigenvalue weighted by Crippen LogP contribution is 2.66. The summed E-state index contributed by atoms with van der Waals surface area (Å²) in [4.78, 5) is 37.6. The summed E-state index contributed by atoms with van der Waals surface area (Å²) in [5, 5.41) is 20.2. The van der Waals surface area contributed by atoms with Crippen molar-refractivity contribution in [3.05, 3.63) is 23.8 Å². The third-order valence-corrected chi connectivity index (χ3v) is 8.41. The lowest BCUT2D eigenvalue weighted by Gasteiger charge is -2.57. The Kier molecular flexibility index (Phi) is 4.12. The predicted molar refractivity (Wildman–Crippen MR) is 99.1 cm³/mol. The van der Waals surface area contributed by atoms with E-state index in [9.17, 15) is 24.6 Å². The maximum atomic E-state index is 13.3. The van der Waals surface area contributed by atoms with Crippen LogP contribution in [0.1, 0.15) is 39.5 Å². The average Bonchev–Trinajstić information content (AvgIpc) is 2.87. The Morgan fingerprint density at radius 2 is 2.04 bits per heavy atom. The normalized spacial score (nSPS) is 48.6. The van der Waals surface area contributed by atoms with Crippen LogP contribution in [-0.2, 0) is 14.4 Å². The summed E-state index contributed by atoms with van der Waals surface area (Å²) < 4.78 is 0. The van der Waals surface area contributed by atoms with E-state index in [0.717, 1.165) is 5.57 Å². The van der Waals surface area contributed by atoms with Crippen LogP contribution in [-0.4, -0.2) is 45.1 Å². The van der Waals surface area contributed by atoms with E-state index in [1.165, 1.54) is 6.08 Å². The molecule has 2 N–H and O–H groups in total. The number of aliphatic hydroxyl groups is 2. The first-order valence-corrected chi connectivity index (χ1v) is 10.0. The lowest BCUT2D eigenvalue weighted by atomic mass is 9.46. The number of carbonyl (C=O) groups is 3. The van der Waals surface area contributed by atoms with Gasteiger partial charge in [-0.25, -0.2) is 0 Å². The number of carbonyl (C=O) groups excluding carboxylic acids is 3. The number of rotatable bonds is 2. The van der Waals surface area contributed by atoms with Crippen molar-refractivity contribution in [3.8, 4) is 0 Å². The molecule has 7 atom stereocenters. The molecule has 5 nitrogen and oxygen atoms in total. The first-order valence-electron chi connectivity index (χ1n) is 9.57. The minimum absolute atomic E-state index is 0.000723. The van der Waals surface area contributed by atoms with Crippen LogP contribution in [0.3, 0.4) is 0 Å². The van der Waals surface area contributed by atoms with Gasteiger partial charge < -0.3 is 10.2 Å². The molecule has 3 fully saturated rings. The van der Waals surface area contributed by atoms with Crippen molar-refractivity contribution >= 4 is 29.0 Å². The van der Waals surface area contributed by atoms with Crippen molar-refractivity contribution in [1.82, 2.24) is 0 Å². The molecule has 0 aromatic carbocycles. The summed E-state index contributed by atoms with van der Waals surface area (Å²) in [7, 11) is 0. The van der Waals surface area contributed by atoms with E-state index in [2.05, 4.69) is 0 Å². The Labute approximate surface area is 163 Å². The van der Waals surface area contributed by atoms with Gasteiger partial charge in [0.05, 0.1) is 5.38 Å². The smallest absolute Gasteiger partial charge is 0.190 e. The molecule has 4 rings (SSSR count). The van der Waals surface area contributed by atoms with E-state index in [4.69, 9.17) is 11.6 Å². The van der Waals surface area contributed by atoms with Crippen molar-refractivity contribution in [2.75, 3.05) is 6.61 Å². The number of allylic oxidation sites excluding steroid dienone is 4. The summed E-state index contributed by atoms with van der Waals surface area (Å²) in [6.45, 7) is 3.05. The van der Waals surface area contributed by atoms with Crippen LogP contribution in [0.15, 0.2) is 23.8 Å². The minimum atomic E-state index is -1.68. The van der Waals surface area contributed by atoms with E-state index in [-0.39, 0.29) is 47.5 Å². The number of aliphatic hydroxyl groups excluding tert-OH is 1. The van der Waals surface area contributed by atoms with Gasteiger partial charge in [0.15, 0.2) is 11.6 Å². The number of ketones is 3. The Morgan fingerprint density at radius 3 is 2.70 bits per heavy atom. The highest BCUT2D eigenvalue weighted by Gasteiger charge is 2.68. The minimum Gasteiger partial charge on any atom is -0.388 e. The van der Waals surface area contributed by atoms with Crippen molar-refractivity contribution < 1.29 is 24.6 Å². The highest BCUT2D eigenvalue weighted by molar-refractivity contribution is 6.23. The maximum absolute atomic E-state index is 13.3. The third-order valence-electron chi connectivity index (χ3n) is 7.99. The SMILES string of the molecule is C[C@]12C=CC(=O)C=C1[C@@H](Cl)C[C@@H]1C2C(=O)C[C@@]2(C)[C@H]1CC[C@]2(O)C(=O)CO. The third kappa shape index (κ3) is 2.28. The molecular weight excluding hydrogens is 368 g/mol. The Morgan fingerprint density at radius 1 is 1.33 bits per heavy atom. The molecular formula is C21H25ClO5. The summed E-state index contributed by atoms with van der Waals surface area (Å²) >= 11 is 6.67. The van der Waals surface area contributed by atoms with E-state index in [1.807, 2.05) is 19.9 Å². The fourth-order valence-electron chi connectivity index (χ4n) is 6.64. The topological polar surface area (TPSA) is 91.7 Å². The number of Topliss-reactive ketones (excluding diaryl/α,β-unsaturated/α-hetero) is 2. The number of alkyl halides is 1. The average molecular weight is 393 g/mol. The van der Waals surface area contributed by atoms with Crippen LogP contribution in [0, 0.1) is 28.6 Å². The van der Waals surface area contributed by atoms with Crippen molar-refractivity contribution in [2.24, 2.45) is 28.6 Å². The summed E-state index contributed by atoms with van der Waals surface area (Å²) in [6.07, 6.45) is 6.41.